The molecule has 0 aliphatic heterocycles. The van der Waals surface area contributed by atoms with Gasteiger partial charge in [-0.2, -0.15) is 0 Å². The maximum atomic E-state index is 13.3. The quantitative estimate of drug-likeness (QED) is 0.898. The van der Waals surface area contributed by atoms with Gasteiger partial charge in [0.1, 0.15) is 5.82 Å². The molecule has 0 spiro atoms. The predicted molar refractivity (Wildman–Crippen MR) is 68.1 cm³/mol. The van der Waals surface area contributed by atoms with Crippen molar-refractivity contribution in [3.8, 4) is 0 Å². The Bertz CT molecular complexity index is 436. The van der Waals surface area contributed by atoms with Gasteiger partial charge in [-0.1, -0.05) is 12.1 Å². The molecule has 2 atom stereocenters. The second kappa shape index (κ2) is 5.21. The zero-order valence-corrected chi connectivity index (χ0v) is 11.4. The van der Waals surface area contributed by atoms with E-state index < -0.39 is 5.92 Å². The Hall–Kier alpha value is -0.550. The molecular weight excluding hydrogens is 307 g/mol. The topological polar surface area (TPSA) is 26.0 Å². The summed E-state index contributed by atoms with van der Waals surface area (Å²) >= 11 is 3.16. The maximum Gasteiger partial charge on any atom is 0.248 e. The van der Waals surface area contributed by atoms with Crippen molar-refractivity contribution in [1.29, 1.82) is 0 Å². The van der Waals surface area contributed by atoms with Gasteiger partial charge in [0.15, 0.2) is 0 Å². The maximum absolute atomic E-state index is 13.3. The van der Waals surface area contributed by atoms with Crippen LogP contribution in [0.25, 0.3) is 0 Å². The van der Waals surface area contributed by atoms with Crippen molar-refractivity contribution in [2.45, 2.75) is 37.6 Å². The summed E-state index contributed by atoms with van der Waals surface area (Å²) < 4.78 is 39.9. The highest BCUT2D eigenvalue weighted by atomic mass is 79.9. The molecule has 100 valence electrons. The normalized spacial score (nSPS) is 24.2. The van der Waals surface area contributed by atoms with Gasteiger partial charge in [0.25, 0.3) is 0 Å². The Balaban J connectivity index is 2.04. The summed E-state index contributed by atoms with van der Waals surface area (Å²) in [6.07, 6.45) is 0.622. The van der Waals surface area contributed by atoms with Crippen LogP contribution in [0.3, 0.4) is 0 Å². The van der Waals surface area contributed by atoms with Crippen LogP contribution in [0.2, 0.25) is 0 Å². The molecule has 0 saturated heterocycles. The number of alkyl halides is 2. The number of hydrogen-bond donors (Lipinski definition) is 1. The minimum Gasteiger partial charge on any atom is -0.327 e. The summed E-state index contributed by atoms with van der Waals surface area (Å²) in [4.78, 5) is 0. The molecule has 0 aromatic heterocycles. The van der Waals surface area contributed by atoms with Crippen LogP contribution >= 0.6 is 15.9 Å². The van der Waals surface area contributed by atoms with Gasteiger partial charge in [-0.3, -0.25) is 0 Å². The Morgan fingerprint density at radius 2 is 2.17 bits per heavy atom. The van der Waals surface area contributed by atoms with Crippen molar-refractivity contribution in [3.05, 3.63) is 34.1 Å². The summed E-state index contributed by atoms with van der Waals surface area (Å²) in [5.41, 5.74) is 6.71. The molecule has 1 fully saturated rings. The average Bonchev–Trinajstić information content (AvgIpc) is 2.65. The number of nitrogens with two attached hydrogens (primary N) is 1. The highest BCUT2D eigenvalue weighted by molar-refractivity contribution is 9.10. The Morgan fingerprint density at radius 3 is 2.78 bits per heavy atom. The molecule has 1 aromatic rings. The fourth-order valence-corrected chi connectivity index (χ4v) is 2.90. The zero-order chi connectivity index (χ0) is 13.3. The van der Waals surface area contributed by atoms with Crippen molar-refractivity contribution < 1.29 is 13.2 Å². The molecule has 1 aliphatic carbocycles. The molecular formula is C13H15BrF3N. The minimum absolute atomic E-state index is 0.0876. The van der Waals surface area contributed by atoms with Crippen LogP contribution < -0.4 is 5.73 Å². The van der Waals surface area contributed by atoms with Crippen LogP contribution in [0, 0.1) is 11.7 Å². The van der Waals surface area contributed by atoms with E-state index in [0.29, 0.717) is 17.3 Å². The second-order valence-electron chi connectivity index (χ2n) is 4.94. The third-order valence-electron chi connectivity index (χ3n) is 3.53. The van der Waals surface area contributed by atoms with E-state index in [1.807, 2.05) is 0 Å². The molecule has 18 heavy (non-hydrogen) atoms. The second-order valence-corrected chi connectivity index (χ2v) is 5.73. The predicted octanol–water partition coefficient (Wildman–Crippen LogP) is 3.89. The van der Waals surface area contributed by atoms with E-state index in [4.69, 9.17) is 5.73 Å². The lowest BCUT2D eigenvalue weighted by Crippen LogP contribution is -2.31. The Labute approximate surface area is 113 Å². The Kier molecular flexibility index (Phi) is 4.02. The standard InChI is InChI=1S/C13H15BrF3N/c14-12-8(2-1-3-10(12)15)6-11(18)9-4-5-13(16,17)7-9/h1-3,9,11H,4-7,18H2. The SMILES string of the molecule is NC(Cc1cccc(F)c1Br)C1CCC(F)(F)C1. The molecule has 0 radical (unpaired) electrons. The van der Waals surface area contributed by atoms with Gasteiger partial charge in [-0.25, -0.2) is 13.2 Å². The lowest BCUT2D eigenvalue weighted by Gasteiger charge is -2.20. The smallest absolute Gasteiger partial charge is 0.248 e. The Morgan fingerprint density at radius 1 is 1.44 bits per heavy atom. The first-order valence-electron chi connectivity index (χ1n) is 5.95. The lowest BCUT2D eigenvalue weighted by atomic mass is 9.93. The van der Waals surface area contributed by atoms with Gasteiger partial charge < -0.3 is 5.73 Å². The van der Waals surface area contributed by atoms with Crippen LogP contribution in [0.4, 0.5) is 13.2 Å². The molecule has 2 N–H and O–H groups in total. The molecule has 0 amide bonds. The largest absolute Gasteiger partial charge is 0.327 e. The van der Waals surface area contributed by atoms with Gasteiger partial charge in [0.2, 0.25) is 5.92 Å². The minimum atomic E-state index is -2.58. The van der Waals surface area contributed by atoms with E-state index in [1.54, 1.807) is 12.1 Å². The van der Waals surface area contributed by atoms with Crippen LogP contribution in [0.1, 0.15) is 24.8 Å². The van der Waals surface area contributed by atoms with E-state index in [-0.39, 0.29) is 30.6 Å². The molecule has 1 aromatic carbocycles. The summed E-state index contributed by atoms with van der Waals surface area (Å²) in [6, 6.07) is 4.37. The molecule has 1 aliphatic rings. The number of hydrogen-bond acceptors (Lipinski definition) is 1. The molecule has 5 heteroatoms. The van der Waals surface area contributed by atoms with Gasteiger partial charge in [-0.15, -0.1) is 0 Å². The number of benzene rings is 1. The van der Waals surface area contributed by atoms with E-state index in [0.717, 1.165) is 5.56 Å². The summed E-state index contributed by atoms with van der Waals surface area (Å²) in [6.45, 7) is 0. The summed E-state index contributed by atoms with van der Waals surface area (Å²) in [7, 11) is 0. The fraction of sp³-hybridized carbons (Fsp3) is 0.538. The van der Waals surface area contributed by atoms with Crippen molar-refractivity contribution in [3.63, 3.8) is 0 Å². The summed E-state index contributed by atoms with van der Waals surface area (Å²) in [5.74, 6) is -3.12. The van der Waals surface area contributed by atoms with Crippen molar-refractivity contribution in [2.75, 3.05) is 0 Å². The first-order valence-corrected chi connectivity index (χ1v) is 6.75. The van der Waals surface area contributed by atoms with E-state index >= 15 is 0 Å². The van der Waals surface area contributed by atoms with E-state index in [2.05, 4.69) is 15.9 Å². The summed E-state index contributed by atoms with van der Waals surface area (Å²) in [5, 5.41) is 0. The lowest BCUT2D eigenvalue weighted by molar-refractivity contribution is 0.00393. The van der Waals surface area contributed by atoms with Crippen molar-refractivity contribution in [2.24, 2.45) is 11.7 Å². The molecule has 2 rings (SSSR count). The van der Waals surface area contributed by atoms with Gasteiger partial charge in [0.05, 0.1) is 4.47 Å². The number of halogens is 4. The van der Waals surface area contributed by atoms with Crippen LogP contribution in [0.15, 0.2) is 22.7 Å². The van der Waals surface area contributed by atoms with E-state index in [9.17, 15) is 13.2 Å². The molecule has 2 unspecified atom stereocenters. The highest BCUT2D eigenvalue weighted by Crippen LogP contribution is 2.40. The molecule has 0 bridgehead atoms. The zero-order valence-electron chi connectivity index (χ0n) is 9.80. The van der Waals surface area contributed by atoms with Crippen molar-refractivity contribution >= 4 is 15.9 Å². The third kappa shape index (κ3) is 3.06. The van der Waals surface area contributed by atoms with Gasteiger partial charge in [0, 0.05) is 18.9 Å². The monoisotopic (exact) mass is 321 g/mol. The van der Waals surface area contributed by atoms with Crippen LogP contribution in [-0.2, 0) is 6.42 Å². The van der Waals surface area contributed by atoms with Crippen LogP contribution in [-0.4, -0.2) is 12.0 Å². The fourth-order valence-electron chi connectivity index (χ4n) is 2.48. The molecule has 1 saturated carbocycles. The first-order chi connectivity index (χ1) is 8.39. The molecule has 0 heterocycles. The number of rotatable bonds is 3. The highest BCUT2D eigenvalue weighted by Gasteiger charge is 2.41. The average molecular weight is 322 g/mol. The van der Waals surface area contributed by atoms with E-state index in [1.165, 1.54) is 6.07 Å². The van der Waals surface area contributed by atoms with Gasteiger partial charge in [-0.05, 0) is 46.3 Å². The van der Waals surface area contributed by atoms with Crippen LogP contribution in [0.5, 0.6) is 0 Å². The van der Waals surface area contributed by atoms with Gasteiger partial charge >= 0.3 is 0 Å². The first kappa shape index (κ1) is 13.9. The third-order valence-corrected chi connectivity index (χ3v) is 4.42. The van der Waals surface area contributed by atoms with Crippen molar-refractivity contribution in [1.82, 2.24) is 0 Å². The molecule has 1 nitrogen and oxygen atoms in total.